The zero-order valence-corrected chi connectivity index (χ0v) is 9.10. The van der Waals surface area contributed by atoms with Crippen LogP contribution in [0.3, 0.4) is 0 Å². The van der Waals surface area contributed by atoms with Crippen LogP contribution in [0.1, 0.15) is 11.1 Å². The molecule has 2 aromatic rings. The highest BCUT2D eigenvalue weighted by Crippen LogP contribution is 2.18. The molecule has 2 nitrogen and oxygen atoms in total. The highest BCUT2D eigenvalue weighted by molar-refractivity contribution is 5.33. The van der Waals surface area contributed by atoms with Crippen molar-refractivity contribution in [2.45, 2.75) is 13.2 Å². The van der Waals surface area contributed by atoms with Gasteiger partial charge in [0.1, 0.15) is 12.4 Å². The van der Waals surface area contributed by atoms with Crippen LogP contribution in [-0.2, 0) is 13.2 Å². The summed E-state index contributed by atoms with van der Waals surface area (Å²) in [6, 6.07) is 18.0. The van der Waals surface area contributed by atoms with Gasteiger partial charge in [-0.05, 0) is 11.6 Å². The number of hydrogen-bond donors (Lipinski definition) is 1. The number of benzene rings is 2. The second kappa shape index (κ2) is 5.33. The molecule has 0 aliphatic heterocycles. The summed E-state index contributed by atoms with van der Waals surface area (Å²) in [5.41, 5.74) is 7.84. The molecule has 0 amide bonds. The molecule has 2 aromatic carbocycles. The van der Waals surface area contributed by atoms with Gasteiger partial charge < -0.3 is 10.5 Å². The summed E-state index contributed by atoms with van der Waals surface area (Å²) in [7, 11) is 0. The van der Waals surface area contributed by atoms with E-state index in [9.17, 15) is 0 Å². The molecule has 0 radical (unpaired) electrons. The largest absolute Gasteiger partial charge is 0.489 e. The van der Waals surface area contributed by atoms with Crippen LogP contribution >= 0.6 is 0 Å². The van der Waals surface area contributed by atoms with Crippen molar-refractivity contribution in [3.63, 3.8) is 0 Å². The molecule has 0 aliphatic carbocycles. The zero-order chi connectivity index (χ0) is 11.2. The topological polar surface area (TPSA) is 35.2 Å². The zero-order valence-electron chi connectivity index (χ0n) is 9.10. The Kier molecular flexibility index (Phi) is 3.57. The van der Waals surface area contributed by atoms with E-state index in [0.29, 0.717) is 13.2 Å². The van der Waals surface area contributed by atoms with E-state index in [1.54, 1.807) is 0 Å². The van der Waals surface area contributed by atoms with Crippen molar-refractivity contribution in [3.8, 4) is 5.75 Å². The average molecular weight is 213 g/mol. The van der Waals surface area contributed by atoms with E-state index in [-0.39, 0.29) is 0 Å². The lowest BCUT2D eigenvalue weighted by molar-refractivity contribution is 0.303. The molecule has 0 aromatic heterocycles. The molecule has 0 spiro atoms. The van der Waals surface area contributed by atoms with Crippen LogP contribution in [0.5, 0.6) is 5.75 Å². The fourth-order valence-electron chi connectivity index (χ4n) is 1.55. The Bertz CT molecular complexity index is 439. The van der Waals surface area contributed by atoms with Crippen molar-refractivity contribution in [1.82, 2.24) is 0 Å². The third kappa shape index (κ3) is 2.61. The molecule has 0 aliphatic rings. The first-order valence-electron chi connectivity index (χ1n) is 5.35. The summed E-state index contributed by atoms with van der Waals surface area (Å²) >= 11 is 0. The summed E-state index contributed by atoms with van der Waals surface area (Å²) in [6.45, 7) is 1.09. The van der Waals surface area contributed by atoms with Crippen molar-refractivity contribution < 1.29 is 4.74 Å². The summed E-state index contributed by atoms with van der Waals surface area (Å²) in [5, 5.41) is 0. The van der Waals surface area contributed by atoms with E-state index in [2.05, 4.69) is 0 Å². The fourth-order valence-corrected chi connectivity index (χ4v) is 1.55. The van der Waals surface area contributed by atoms with E-state index in [1.807, 2.05) is 54.6 Å². The van der Waals surface area contributed by atoms with Gasteiger partial charge in [0.2, 0.25) is 0 Å². The van der Waals surface area contributed by atoms with Crippen molar-refractivity contribution in [2.75, 3.05) is 0 Å². The first-order chi connectivity index (χ1) is 7.90. The van der Waals surface area contributed by atoms with Gasteiger partial charge in [-0.25, -0.2) is 0 Å². The van der Waals surface area contributed by atoms with Gasteiger partial charge in [-0.15, -0.1) is 0 Å². The van der Waals surface area contributed by atoms with Crippen molar-refractivity contribution in [3.05, 3.63) is 65.7 Å². The molecule has 2 heteroatoms. The Morgan fingerprint density at radius 2 is 1.56 bits per heavy atom. The molecule has 16 heavy (non-hydrogen) atoms. The lowest BCUT2D eigenvalue weighted by Crippen LogP contribution is -2.02. The molecular formula is C14H15NO. The summed E-state index contributed by atoms with van der Waals surface area (Å²) in [6.07, 6.45) is 0. The predicted octanol–water partition coefficient (Wildman–Crippen LogP) is 2.72. The van der Waals surface area contributed by atoms with E-state index in [1.165, 1.54) is 0 Å². The van der Waals surface area contributed by atoms with Crippen LogP contribution < -0.4 is 10.5 Å². The van der Waals surface area contributed by atoms with Crippen molar-refractivity contribution >= 4 is 0 Å². The molecule has 0 unspecified atom stereocenters. The standard InChI is InChI=1S/C14H15NO/c15-10-13-8-4-5-9-14(13)16-11-12-6-2-1-3-7-12/h1-9H,10-11,15H2. The van der Waals surface area contributed by atoms with Crippen LogP contribution in [0.15, 0.2) is 54.6 Å². The molecule has 0 bridgehead atoms. The average Bonchev–Trinajstić information content (AvgIpc) is 2.38. The molecule has 82 valence electrons. The summed E-state index contributed by atoms with van der Waals surface area (Å²) < 4.78 is 5.73. The maximum Gasteiger partial charge on any atom is 0.124 e. The van der Waals surface area contributed by atoms with Gasteiger partial charge in [-0.2, -0.15) is 0 Å². The van der Waals surface area contributed by atoms with Gasteiger partial charge in [0.05, 0.1) is 0 Å². The van der Waals surface area contributed by atoms with E-state index >= 15 is 0 Å². The van der Waals surface area contributed by atoms with Gasteiger partial charge >= 0.3 is 0 Å². The normalized spacial score (nSPS) is 10.1. The smallest absolute Gasteiger partial charge is 0.124 e. The minimum absolute atomic E-state index is 0.505. The molecule has 0 heterocycles. The Morgan fingerprint density at radius 1 is 0.875 bits per heavy atom. The van der Waals surface area contributed by atoms with Crippen LogP contribution in [-0.4, -0.2) is 0 Å². The van der Waals surface area contributed by atoms with E-state index < -0.39 is 0 Å². The van der Waals surface area contributed by atoms with Crippen LogP contribution in [0, 0.1) is 0 Å². The molecule has 0 saturated carbocycles. The lowest BCUT2D eigenvalue weighted by atomic mass is 10.2. The third-order valence-electron chi connectivity index (χ3n) is 2.43. The molecular weight excluding hydrogens is 198 g/mol. The van der Waals surface area contributed by atoms with Crippen molar-refractivity contribution in [1.29, 1.82) is 0 Å². The maximum absolute atomic E-state index is 5.73. The van der Waals surface area contributed by atoms with Gasteiger partial charge in [-0.1, -0.05) is 48.5 Å². The second-order valence-corrected chi connectivity index (χ2v) is 3.59. The third-order valence-corrected chi connectivity index (χ3v) is 2.43. The monoisotopic (exact) mass is 213 g/mol. The molecule has 2 rings (SSSR count). The minimum atomic E-state index is 0.505. The second-order valence-electron chi connectivity index (χ2n) is 3.59. The number of rotatable bonds is 4. The number of ether oxygens (including phenoxy) is 1. The lowest BCUT2D eigenvalue weighted by Gasteiger charge is -2.09. The number of hydrogen-bond acceptors (Lipinski definition) is 2. The Balaban J connectivity index is 2.05. The summed E-state index contributed by atoms with van der Waals surface area (Å²) in [5.74, 6) is 0.869. The Morgan fingerprint density at radius 3 is 2.31 bits per heavy atom. The number of para-hydroxylation sites is 1. The van der Waals surface area contributed by atoms with E-state index in [4.69, 9.17) is 10.5 Å². The minimum Gasteiger partial charge on any atom is -0.489 e. The first-order valence-corrected chi connectivity index (χ1v) is 5.35. The first kappa shape index (κ1) is 10.7. The van der Waals surface area contributed by atoms with E-state index in [0.717, 1.165) is 16.9 Å². The molecule has 0 saturated heterocycles. The maximum atomic E-state index is 5.73. The van der Waals surface area contributed by atoms with Crippen LogP contribution in [0.25, 0.3) is 0 Å². The highest BCUT2D eigenvalue weighted by atomic mass is 16.5. The summed E-state index contributed by atoms with van der Waals surface area (Å²) in [4.78, 5) is 0. The fraction of sp³-hybridized carbons (Fsp3) is 0.143. The predicted molar refractivity (Wildman–Crippen MR) is 65.1 cm³/mol. The van der Waals surface area contributed by atoms with Gasteiger partial charge in [-0.3, -0.25) is 0 Å². The SMILES string of the molecule is NCc1ccccc1OCc1ccccc1. The van der Waals surface area contributed by atoms with Gasteiger partial charge in [0, 0.05) is 12.1 Å². The molecule has 0 atom stereocenters. The van der Waals surface area contributed by atoms with Crippen LogP contribution in [0.2, 0.25) is 0 Å². The van der Waals surface area contributed by atoms with Crippen LogP contribution in [0.4, 0.5) is 0 Å². The Hall–Kier alpha value is -1.80. The Labute approximate surface area is 95.7 Å². The molecule has 2 N–H and O–H groups in total. The van der Waals surface area contributed by atoms with Gasteiger partial charge in [0.15, 0.2) is 0 Å². The van der Waals surface area contributed by atoms with Gasteiger partial charge in [0.25, 0.3) is 0 Å². The molecule has 0 fully saturated rings. The van der Waals surface area contributed by atoms with Crippen molar-refractivity contribution in [2.24, 2.45) is 5.73 Å². The quantitative estimate of drug-likeness (QED) is 0.847. The highest BCUT2D eigenvalue weighted by Gasteiger charge is 2.00. The number of nitrogens with two attached hydrogens (primary N) is 1.